The average Bonchev–Trinajstić information content (AvgIpc) is 2.76. The topological polar surface area (TPSA) is 59.4 Å². The Hall–Kier alpha value is -1.60. The number of ether oxygens (including phenoxy) is 1. The van der Waals surface area contributed by atoms with Crippen molar-refractivity contribution >= 4 is 29.1 Å². The van der Waals surface area contributed by atoms with Gasteiger partial charge in [0.05, 0.1) is 19.2 Å². The van der Waals surface area contributed by atoms with Crippen molar-refractivity contribution in [3.63, 3.8) is 0 Å². The van der Waals surface area contributed by atoms with Gasteiger partial charge in [-0.1, -0.05) is 11.8 Å². The Morgan fingerprint density at radius 2 is 2.29 bits per heavy atom. The Labute approximate surface area is 130 Å². The molecule has 0 amide bonds. The number of thiazole rings is 1. The van der Waals surface area contributed by atoms with E-state index >= 15 is 0 Å². The van der Waals surface area contributed by atoms with Crippen LogP contribution >= 0.6 is 23.1 Å². The molecule has 0 radical (unpaired) electrons. The van der Waals surface area contributed by atoms with Gasteiger partial charge in [-0.05, 0) is 25.1 Å². The maximum Gasteiger partial charge on any atom is 0.308 e. The summed E-state index contributed by atoms with van der Waals surface area (Å²) in [5.41, 5.74) is 1.48. The smallest absolute Gasteiger partial charge is 0.308 e. The third-order valence-corrected chi connectivity index (χ3v) is 5.13. The third kappa shape index (κ3) is 4.18. The van der Waals surface area contributed by atoms with Crippen molar-refractivity contribution in [3.8, 4) is 5.75 Å². The highest BCUT2D eigenvalue weighted by Gasteiger charge is 2.12. The second-order valence-corrected chi connectivity index (χ2v) is 6.61. The normalized spacial score (nSPS) is 10.6. The van der Waals surface area contributed by atoms with E-state index < -0.39 is 5.97 Å². The van der Waals surface area contributed by atoms with Gasteiger partial charge in [0.15, 0.2) is 4.34 Å². The molecular weight excluding hydrogens is 313 g/mol. The van der Waals surface area contributed by atoms with E-state index in [1.165, 1.54) is 35.2 Å². The molecular formula is C14H14FNO3S2. The number of aromatic nitrogens is 1. The molecule has 1 N–H and O–H groups in total. The number of aryl methyl sites for hydroxylation is 1. The molecule has 7 heteroatoms. The van der Waals surface area contributed by atoms with Crippen molar-refractivity contribution in [3.05, 3.63) is 40.2 Å². The zero-order valence-corrected chi connectivity index (χ0v) is 13.2. The molecule has 2 aromatic rings. The van der Waals surface area contributed by atoms with Gasteiger partial charge in [0.25, 0.3) is 0 Å². The van der Waals surface area contributed by atoms with E-state index in [1.807, 2.05) is 0 Å². The van der Waals surface area contributed by atoms with E-state index in [0.717, 1.165) is 20.5 Å². The molecule has 0 aliphatic heterocycles. The molecule has 0 bridgehead atoms. The van der Waals surface area contributed by atoms with E-state index in [4.69, 9.17) is 9.84 Å². The van der Waals surface area contributed by atoms with Crippen molar-refractivity contribution in [2.45, 2.75) is 23.4 Å². The second-order valence-electron chi connectivity index (χ2n) is 4.30. The van der Waals surface area contributed by atoms with Gasteiger partial charge < -0.3 is 9.84 Å². The molecule has 2 rings (SSSR count). The first-order chi connectivity index (χ1) is 9.99. The molecule has 0 atom stereocenters. The molecule has 1 heterocycles. The maximum atomic E-state index is 13.3. The van der Waals surface area contributed by atoms with Crippen molar-refractivity contribution < 1.29 is 19.0 Å². The number of thioether (sulfide) groups is 1. The first-order valence-corrected chi connectivity index (χ1v) is 7.93. The molecule has 0 spiro atoms. The van der Waals surface area contributed by atoms with Crippen molar-refractivity contribution in [1.82, 2.24) is 4.98 Å². The molecule has 1 aromatic carbocycles. The number of halogens is 1. The van der Waals surface area contributed by atoms with Crippen LogP contribution in [0.5, 0.6) is 5.75 Å². The zero-order valence-electron chi connectivity index (χ0n) is 11.6. The summed E-state index contributed by atoms with van der Waals surface area (Å²) in [7, 11) is 1.54. The van der Waals surface area contributed by atoms with Crippen molar-refractivity contribution in [1.29, 1.82) is 0 Å². The quantitative estimate of drug-likeness (QED) is 0.823. The minimum absolute atomic E-state index is 0.0205. The molecule has 1 aromatic heterocycles. The van der Waals surface area contributed by atoms with Crippen LogP contribution in [0.2, 0.25) is 0 Å². The molecule has 112 valence electrons. The van der Waals surface area contributed by atoms with Crippen molar-refractivity contribution in [2.24, 2.45) is 0 Å². The molecule has 0 aliphatic rings. The maximum absolute atomic E-state index is 13.3. The summed E-state index contributed by atoms with van der Waals surface area (Å²) in [6, 6.07) is 4.38. The standard InChI is InChI=1S/C14H14FNO3S2/c1-8-12(6-13(17)18)21-14(16-8)20-7-9-5-10(15)3-4-11(9)19-2/h3-5H,6-7H2,1-2H3,(H,17,18). The summed E-state index contributed by atoms with van der Waals surface area (Å²) >= 11 is 2.80. The predicted molar refractivity (Wildman–Crippen MR) is 80.7 cm³/mol. The Kier molecular flexibility index (Phi) is 5.19. The van der Waals surface area contributed by atoms with Crippen LogP contribution in [0.25, 0.3) is 0 Å². The number of aliphatic carboxylic acids is 1. The van der Waals surface area contributed by atoms with Gasteiger partial charge in [0.2, 0.25) is 0 Å². The lowest BCUT2D eigenvalue weighted by Crippen LogP contribution is -1.99. The molecule has 4 nitrogen and oxygen atoms in total. The van der Waals surface area contributed by atoms with Gasteiger partial charge in [0.1, 0.15) is 11.6 Å². The van der Waals surface area contributed by atoms with Gasteiger partial charge in [-0.15, -0.1) is 11.3 Å². The Balaban J connectivity index is 2.10. The number of rotatable bonds is 6. The van der Waals surface area contributed by atoms with Gasteiger partial charge >= 0.3 is 5.97 Å². The van der Waals surface area contributed by atoms with Crippen LogP contribution in [-0.4, -0.2) is 23.2 Å². The largest absolute Gasteiger partial charge is 0.496 e. The van der Waals surface area contributed by atoms with Crippen molar-refractivity contribution in [2.75, 3.05) is 7.11 Å². The van der Waals surface area contributed by atoms with E-state index in [0.29, 0.717) is 11.5 Å². The van der Waals surface area contributed by atoms with E-state index in [2.05, 4.69) is 4.98 Å². The van der Waals surface area contributed by atoms with Gasteiger partial charge in [-0.3, -0.25) is 4.79 Å². The predicted octanol–water partition coefficient (Wildman–Crippen LogP) is 3.52. The highest BCUT2D eigenvalue weighted by atomic mass is 32.2. The van der Waals surface area contributed by atoms with Crippen LogP contribution in [0, 0.1) is 12.7 Å². The second kappa shape index (κ2) is 6.91. The Morgan fingerprint density at radius 3 is 2.95 bits per heavy atom. The van der Waals surface area contributed by atoms with Gasteiger partial charge in [-0.2, -0.15) is 0 Å². The van der Waals surface area contributed by atoms with Gasteiger partial charge in [0, 0.05) is 16.2 Å². The van der Waals surface area contributed by atoms with E-state index in [9.17, 15) is 9.18 Å². The first kappa shape index (κ1) is 15.8. The lowest BCUT2D eigenvalue weighted by atomic mass is 10.2. The monoisotopic (exact) mass is 327 g/mol. The summed E-state index contributed by atoms with van der Waals surface area (Å²) in [5.74, 6) is -0.0400. The highest BCUT2D eigenvalue weighted by molar-refractivity contribution is 8.00. The fourth-order valence-electron chi connectivity index (χ4n) is 1.76. The number of nitrogens with zero attached hydrogens (tertiary/aromatic N) is 1. The lowest BCUT2D eigenvalue weighted by Gasteiger charge is -2.07. The number of carboxylic acids is 1. The molecule has 0 unspecified atom stereocenters. The fourth-order valence-corrected chi connectivity index (χ4v) is 3.97. The van der Waals surface area contributed by atoms with E-state index in [1.54, 1.807) is 20.1 Å². The lowest BCUT2D eigenvalue weighted by molar-refractivity contribution is -0.136. The van der Waals surface area contributed by atoms with Crippen LogP contribution in [0.3, 0.4) is 0 Å². The van der Waals surface area contributed by atoms with Crippen LogP contribution in [0.1, 0.15) is 16.1 Å². The summed E-state index contributed by atoms with van der Waals surface area (Å²) < 4.78 is 19.2. The summed E-state index contributed by atoms with van der Waals surface area (Å²) in [5, 5.41) is 8.82. The Morgan fingerprint density at radius 1 is 1.52 bits per heavy atom. The highest BCUT2D eigenvalue weighted by Crippen LogP contribution is 2.32. The summed E-state index contributed by atoms with van der Waals surface area (Å²) in [4.78, 5) is 15.8. The minimum Gasteiger partial charge on any atom is -0.496 e. The number of methoxy groups -OCH3 is 1. The SMILES string of the molecule is COc1ccc(F)cc1CSc1nc(C)c(CC(=O)O)s1. The summed E-state index contributed by atoms with van der Waals surface area (Å²) in [6.07, 6.45) is -0.0205. The number of carboxylic acid groups (broad SMARTS) is 1. The van der Waals surface area contributed by atoms with Crippen LogP contribution in [-0.2, 0) is 17.0 Å². The fraction of sp³-hybridized carbons (Fsp3) is 0.286. The number of carbonyl (C=O) groups is 1. The van der Waals surface area contributed by atoms with Crippen LogP contribution in [0.4, 0.5) is 4.39 Å². The minimum atomic E-state index is -0.870. The van der Waals surface area contributed by atoms with Gasteiger partial charge in [-0.25, -0.2) is 9.37 Å². The third-order valence-electron chi connectivity index (χ3n) is 2.78. The molecule has 0 saturated heterocycles. The number of hydrogen-bond acceptors (Lipinski definition) is 5. The molecule has 21 heavy (non-hydrogen) atoms. The first-order valence-electron chi connectivity index (χ1n) is 6.13. The summed E-state index contributed by atoms with van der Waals surface area (Å²) in [6.45, 7) is 1.79. The molecule has 0 aliphatic carbocycles. The number of hydrogen-bond donors (Lipinski definition) is 1. The number of benzene rings is 1. The van der Waals surface area contributed by atoms with E-state index in [-0.39, 0.29) is 12.2 Å². The average molecular weight is 327 g/mol. The van der Waals surface area contributed by atoms with Crippen LogP contribution < -0.4 is 4.74 Å². The molecule has 0 saturated carbocycles. The Bertz CT molecular complexity index is 658. The molecule has 0 fully saturated rings. The van der Waals surface area contributed by atoms with Crippen LogP contribution in [0.15, 0.2) is 22.5 Å². The zero-order chi connectivity index (χ0) is 15.4.